The average molecular weight is 1530 g/mol. The van der Waals surface area contributed by atoms with Crippen LogP contribution >= 0.6 is 0 Å². The lowest BCUT2D eigenvalue weighted by Gasteiger charge is -2.23. The van der Waals surface area contributed by atoms with Gasteiger partial charge in [-0.25, -0.2) is 35.1 Å². The third kappa shape index (κ3) is 23.0. The quantitative estimate of drug-likeness (QED) is 0.0213. The summed E-state index contributed by atoms with van der Waals surface area (Å²) in [4.78, 5) is 52.1. The molecule has 1 fully saturated rings. The Morgan fingerprint density at radius 2 is 0.694 bits per heavy atom. The van der Waals surface area contributed by atoms with Crippen LogP contribution in [0.1, 0.15) is 200 Å². The number of rotatable bonds is 27. The van der Waals surface area contributed by atoms with Gasteiger partial charge in [0.1, 0.15) is 69.8 Å². The highest BCUT2D eigenvalue weighted by Crippen LogP contribution is 2.36. The predicted molar refractivity (Wildman–Crippen MR) is 408 cm³/mol. The van der Waals surface area contributed by atoms with E-state index >= 15 is 0 Å². The molecule has 0 amide bonds. The van der Waals surface area contributed by atoms with Gasteiger partial charge in [-0.15, -0.1) is 0 Å². The summed E-state index contributed by atoms with van der Waals surface area (Å²) >= 11 is 0. The molecule has 1 aliphatic carbocycles. The van der Waals surface area contributed by atoms with Crippen molar-refractivity contribution in [2.75, 3.05) is 42.5 Å². The molecule has 0 radical (unpaired) electrons. The minimum Gasteiger partial charge on any atom is -0.347 e. The molecule has 0 aliphatic heterocycles. The summed E-state index contributed by atoms with van der Waals surface area (Å²) in [6.07, 6.45) is 9.80. The molecular formula is C75H86F8N28. The molecule has 12 aromatic rings. The van der Waals surface area contributed by atoms with E-state index in [2.05, 4.69) is 157 Å². The molecule has 0 spiro atoms. The van der Waals surface area contributed by atoms with Crippen LogP contribution in [-0.4, -0.2) is 101 Å². The molecule has 582 valence electrons. The fraction of sp³-hybridized carbons (Fsp3) is 0.333. The first-order valence-electron chi connectivity index (χ1n) is 36.0. The van der Waals surface area contributed by atoms with Gasteiger partial charge in [-0.1, -0.05) is 78.3 Å². The van der Waals surface area contributed by atoms with E-state index < -0.39 is 70.7 Å². The van der Waals surface area contributed by atoms with Gasteiger partial charge >= 0.3 is 0 Å². The van der Waals surface area contributed by atoms with Gasteiger partial charge in [-0.3, -0.25) is 20.4 Å². The van der Waals surface area contributed by atoms with Crippen molar-refractivity contribution in [3.8, 4) is 0 Å². The Hall–Kier alpha value is -12.7. The van der Waals surface area contributed by atoms with Crippen molar-refractivity contribution in [3.63, 3.8) is 0 Å². The molecule has 0 bridgehead atoms. The molecular weight excluding hydrogens is 1450 g/mol. The number of nitrogens with zero attached hydrogens (tertiary/aromatic N) is 16. The van der Waals surface area contributed by atoms with E-state index in [9.17, 15) is 35.1 Å². The van der Waals surface area contributed by atoms with E-state index in [4.69, 9.17) is 0 Å². The molecule has 12 N–H and O–H groups in total. The van der Waals surface area contributed by atoms with Crippen LogP contribution in [0.5, 0.6) is 0 Å². The summed E-state index contributed by atoms with van der Waals surface area (Å²) < 4.78 is 109. The second-order valence-electron chi connectivity index (χ2n) is 26.0. The van der Waals surface area contributed by atoms with Gasteiger partial charge in [0.15, 0.2) is 23.3 Å². The van der Waals surface area contributed by atoms with Crippen LogP contribution < -0.4 is 42.5 Å². The number of halogens is 8. The van der Waals surface area contributed by atoms with Crippen molar-refractivity contribution < 1.29 is 35.1 Å². The number of H-pyrrole nitrogens is 4. The van der Waals surface area contributed by atoms with E-state index in [1.165, 1.54) is 67.8 Å². The van der Waals surface area contributed by atoms with E-state index in [1.54, 1.807) is 27.7 Å². The van der Waals surface area contributed by atoms with E-state index in [-0.39, 0.29) is 5.95 Å². The van der Waals surface area contributed by atoms with Crippen molar-refractivity contribution in [2.24, 2.45) is 0 Å². The Labute approximate surface area is 634 Å². The monoisotopic (exact) mass is 1530 g/mol. The Morgan fingerprint density at radius 3 is 0.991 bits per heavy atom. The van der Waals surface area contributed by atoms with Gasteiger partial charge in [-0.2, -0.15) is 80.2 Å². The largest absolute Gasteiger partial charge is 0.347 e. The molecule has 1 saturated carbocycles. The lowest BCUT2D eigenvalue weighted by molar-refractivity contribution is 0.410. The van der Waals surface area contributed by atoms with Gasteiger partial charge in [0, 0.05) is 119 Å². The van der Waals surface area contributed by atoms with Gasteiger partial charge in [0.25, 0.3) is 0 Å². The molecule has 4 atom stereocenters. The van der Waals surface area contributed by atoms with Gasteiger partial charge in [0.05, 0.1) is 29.9 Å². The number of hydrogen-bond acceptors (Lipinski definition) is 24. The SMILES string of the molecule is C/C=C/c1cc(Nc2nc(CC)nc(NC(C)c3ccc(F)cc3F)n2)n[nH]1.CCc1nc(Nc2cc(C(C)C)[nH]n2)nc(NC(C)c2ccc(F)cc2F)n1.CCc1nc(Nc2cc(C)[nH]n2)nc(NC(C)c2ccc(F)cc2F)n1.CCc1nc(Nc2cc(C3CCC3)[nH]n2)nc(NC(C)c2ccc(F)cc2F)n1. The number of hydrogen-bond donors (Lipinski definition) is 12. The molecule has 8 heterocycles. The molecule has 13 rings (SSSR count). The lowest BCUT2D eigenvalue weighted by Crippen LogP contribution is -2.14. The Kier molecular flexibility index (Phi) is 27.6. The first-order chi connectivity index (χ1) is 53.3. The molecule has 28 nitrogen and oxygen atoms in total. The van der Waals surface area contributed by atoms with Crippen LogP contribution in [0, 0.1) is 53.5 Å². The van der Waals surface area contributed by atoms with E-state index in [1.807, 2.05) is 78.0 Å². The lowest BCUT2D eigenvalue weighted by atomic mass is 9.83. The number of benzene rings is 4. The highest BCUT2D eigenvalue weighted by Gasteiger charge is 2.24. The first-order valence-corrected chi connectivity index (χ1v) is 36.0. The third-order valence-electron chi connectivity index (χ3n) is 17.1. The molecule has 36 heteroatoms. The Balaban J connectivity index is 0.000000157. The van der Waals surface area contributed by atoms with Gasteiger partial charge in [-0.05, 0) is 90.6 Å². The highest BCUT2D eigenvalue weighted by atomic mass is 19.2. The predicted octanol–water partition coefficient (Wildman–Crippen LogP) is 17.1. The molecule has 0 saturated heterocycles. The number of allylic oxidation sites excluding steroid dienone is 1. The summed E-state index contributed by atoms with van der Waals surface area (Å²) in [5, 5.41) is 52.8. The smallest absolute Gasteiger partial charge is 0.233 e. The molecule has 111 heavy (non-hydrogen) atoms. The van der Waals surface area contributed by atoms with Crippen molar-refractivity contribution in [1.82, 2.24) is 101 Å². The number of anilines is 12. The molecule has 4 unspecified atom stereocenters. The van der Waals surface area contributed by atoms with Gasteiger partial charge < -0.3 is 42.5 Å². The Morgan fingerprint density at radius 1 is 0.378 bits per heavy atom. The van der Waals surface area contributed by atoms with Crippen LogP contribution in [0.4, 0.5) is 106 Å². The van der Waals surface area contributed by atoms with Crippen molar-refractivity contribution >= 4 is 76.9 Å². The summed E-state index contributed by atoms with van der Waals surface area (Å²) in [5.41, 5.74) is 5.14. The van der Waals surface area contributed by atoms with Crippen molar-refractivity contribution in [2.45, 2.75) is 164 Å². The first kappa shape index (κ1) is 80.9. The number of aromatic amines is 4. The molecule has 8 aromatic heterocycles. The minimum absolute atomic E-state index is 0.287. The standard InChI is InChI=1S/C20H23F2N7.C19H23F2N7.C19H21F2N7.C17H19F2N7/c1-3-17-24-19(23-11(2)14-8-7-13(21)9-15(14)22)27-20(25-17)26-18-10-16(28-29-18)12-5-4-6-12;1-5-16-23-18(22-11(4)13-7-6-12(20)8-14(13)21)26-19(24-16)25-17-9-15(10(2)3)27-28-17;1-4-6-13-10-17(28-27-13)25-19-24-16(5-2)23-18(26-19)22-11(3)14-8-7-12(20)9-15(14)21;1-4-14-21-16(20-10(3)12-6-5-11(18)8-13(12)19)24-17(22-14)23-15-7-9(2)25-26-15/h7-12H,3-6H2,1-2H3,(H3,23,24,25,26,27,28,29);6-11H,5H2,1-4H3,(H3,22,23,24,25,26,27,28);4,6-11H,5H2,1-3H3,(H3,22,23,24,25,26,27,28);5-8,10H,4H2,1-3H3,(H3,20,21,22,23,24,25,26)/b;;6-4+;. The average Bonchev–Trinajstić information content (AvgIpc) is 1.78. The van der Waals surface area contributed by atoms with E-state index in [0.29, 0.717) is 148 Å². The fourth-order valence-electron chi connectivity index (χ4n) is 10.9. The fourth-order valence-corrected chi connectivity index (χ4v) is 10.9. The topological polar surface area (TPSA) is 366 Å². The zero-order chi connectivity index (χ0) is 79.4. The second-order valence-corrected chi connectivity index (χ2v) is 26.0. The van der Waals surface area contributed by atoms with Crippen LogP contribution in [0.15, 0.2) is 103 Å². The number of aromatic nitrogens is 20. The Bertz CT molecular complexity index is 5100. The van der Waals surface area contributed by atoms with Crippen molar-refractivity contribution in [3.05, 3.63) is 218 Å². The minimum atomic E-state index is -0.629. The maximum atomic E-state index is 14.1. The molecule has 4 aromatic carbocycles. The number of aryl methyl sites for hydroxylation is 5. The summed E-state index contributed by atoms with van der Waals surface area (Å²) in [5.74, 6) is 3.12. The maximum Gasteiger partial charge on any atom is 0.233 e. The summed E-state index contributed by atoms with van der Waals surface area (Å²) in [6, 6.07) is 19.6. The second kappa shape index (κ2) is 37.9. The van der Waals surface area contributed by atoms with Crippen molar-refractivity contribution in [1.29, 1.82) is 0 Å². The summed E-state index contributed by atoms with van der Waals surface area (Å²) in [7, 11) is 0. The maximum absolute atomic E-state index is 14.1. The van der Waals surface area contributed by atoms with Gasteiger partial charge in [0.2, 0.25) is 47.6 Å². The third-order valence-corrected chi connectivity index (χ3v) is 17.1. The zero-order valence-corrected chi connectivity index (χ0v) is 63.0. The van der Waals surface area contributed by atoms with Crippen LogP contribution in [0.2, 0.25) is 0 Å². The number of nitrogens with one attached hydrogen (secondary N) is 12. The van der Waals surface area contributed by atoms with Crippen LogP contribution in [0.25, 0.3) is 6.08 Å². The van der Waals surface area contributed by atoms with Crippen LogP contribution in [-0.2, 0) is 25.7 Å². The zero-order valence-electron chi connectivity index (χ0n) is 63.0. The highest BCUT2D eigenvalue weighted by molar-refractivity contribution is 5.57. The van der Waals surface area contributed by atoms with E-state index in [0.717, 1.165) is 47.0 Å². The summed E-state index contributed by atoms with van der Waals surface area (Å²) in [6.45, 7) is 22.6. The van der Waals surface area contributed by atoms with Crippen LogP contribution in [0.3, 0.4) is 0 Å². The normalized spacial score (nSPS) is 12.9. The molecule has 1 aliphatic rings.